The molecule has 0 aromatic carbocycles. The minimum absolute atomic E-state index is 0.156. The summed E-state index contributed by atoms with van der Waals surface area (Å²) in [5, 5.41) is 0. The summed E-state index contributed by atoms with van der Waals surface area (Å²) < 4.78 is 0. The molecular formula is C39H76O8. The maximum absolute atomic E-state index is 5.81. The third-order valence-electron chi connectivity index (χ3n) is 10.1. The van der Waals surface area contributed by atoms with Crippen molar-refractivity contribution in [3.8, 4) is 0 Å². The van der Waals surface area contributed by atoms with Crippen LogP contribution in [0.5, 0.6) is 0 Å². The largest absolute Gasteiger partial charge is 0.228 e. The molecule has 8 heteroatoms. The monoisotopic (exact) mass is 673 g/mol. The van der Waals surface area contributed by atoms with E-state index in [1.807, 2.05) is 83.1 Å². The summed E-state index contributed by atoms with van der Waals surface area (Å²) in [4.78, 5) is 46.0. The summed E-state index contributed by atoms with van der Waals surface area (Å²) in [6.07, 6.45) is 17.5. The van der Waals surface area contributed by atoms with E-state index in [1.165, 1.54) is 64.2 Å². The Balaban J connectivity index is 2.23. The molecule has 2 aliphatic carbocycles. The summed E-state index contributed by atoms with van der Waals surface area (Å²) in [6.45, 7) is 29.0. The molecule has 0 aliphatic heterocycles. The van der Waals surface area contributed by atoms with Gasteiger partial charge in [0.25, 0.3) is 0 Å². The molecule has 0 bridgehead atoms. The van der Waals surface area contributed by atoms with Gasteiger partial charge in [-0.3, -0.25) is 0 Å². The summed E-state index contributed by atoms with van der Waals surface area (Å²) in [5.41, 5.74) is -1.08. The van der Waals surface area contributed by atoms with Crippen molar-refractivity contribution in [2.75, 3.05) is 0 Å². The fourth-order valence-electron chi connectivity index (χ4n) is 7.63. The molecule has 8 nitrogen and oxygen atoms in total. The van der Waals surface area contributed by atoms with Crippen molar-refractivity contribution in [3.63, 3.8) is 0 Å². The maximum Gasteiger partial charge on any atom is 0.224 e. The Morgan fingerprint density at radius 3 is 0.894 bits per heavy atom. The molecule has 0 spiro atoms. The maximum atomic E-state index is 5.81. The molecule has 0 amide bonds. The van der Waals surface area contributed by atoms with Crippen LogP contribution in [0.3, 0.4) is 0 Å². The van der Waals surface area contributed by atoms with Gasteiger partial charge in [0, 0.05) is 12.8 Å². The molecule has 2 saturated carbocycles. The van der Waals surface area contributed by atoms with E-state index in [9.17, 15) is 0 Å². The van der Waals surface area contributed by atoms with Gasteiger partial charge in [-0.2, -0.15) is 0 Å². The standard InChI is InChI=1S/C39H76O8/c1-33(2,3)44-40-31(41-45-34(4,5)6)23-21-29-38(25-17-15-18-26-38)37(13,14)39(27-19-16-20-28-39)30-22-24-32(42-46-35(7,8)9)43-47-36(10,11)12/h31-32H,15-30H2,1-14H3. The van der Waals surface area contributed by atoms with Crippen LogP contribution in [0.4, 0.5) is 0 Å². The predicted octanol–water partition coefficient (Wildman–Crippen LogP) is 11.9. The Labute approximate surface area is 289 Å². The average Bonchev–Trinajstić information content (AvgIpc) is 2.94. The highest BCUT2D eigenvalue weighted by atomic mass is 17.3. The molecule has 0 unspecified atom stereocenters. The van der Waals surface area contributed by atoms with Gasteiger partial charge in [-0.15, -0.1) is 0 Å². The Hall–Kier alpha value is -0.320. The van der Waals surface area contributed by atoms with Crippen LogP contribution in [-0.2, 0) is 39.1 Å². The van der Waals surface area contributed by atoms with Gasteiger partial charge in [-0.05, 0) is 151 Å². The smallest absolute Gasteiger partial charge is 0.224 e. The fourth-order valence-corrected chi connectivity index (χ4v) is 7.63. The highest BCUT2D eigenvalue weighted by Gasteiger charge is 2.56. The summed E-state index contributed by atoms with van der Waals surface area (Å²) in [6, 6.07) is 0. The van der Waals surface area contributed by atoms with Crippen molar-refractivity contribution in [3.05, 3.63) is 0 Å². The van der Waals surface area contributed by atoms with Crippen LogP contribution in [0.2, 0.25) is 0 Å². The first-order valence-corrected chi connectivity index (χ1v) is 18.9. The van der Waals surface area contributed by atoms with E-state index in [0.29, 0.717) is 0 Å². The van der Waals surface area contributed by atoms with Crippen LogP contribution in [0.15, 0.2) is 0 Å². The third-order valence-corrected chi connectivity index (χ3v) is 10.1. The van der Waals surface area contributed by atoms with Crippen LogP contribution in [0.25, 0.3) is 0 Å². The fraction of sp³-hybridized carbons (Fsp3) is 1.00. The highest BCUT2D eigenvalue weighted by molar-refractivity contribution is 5.05. The molecular weight excluding hydrogens is 596 g/mol. The first kappa shape index (κ1) is 42.8. The van der Waals surface area contributed by atoms with E-state index in [-0.39, 0.29) is 16.2 Å². The van der Waals surface area contributed by atoms with Crippen LogP contribution < -0.4 is 0 Å². The van der Waals surface area contributed by atoms with Gasteiger partial charge in [0.1, 0.15) is 0 Å². The second-order valence-corrected chi connectivity index (χ2v) is 19.1. The number of hydrogen-bond donors (Lipinski definition) is 0. The lowest BCUT2D eigenvalue weighted by atomic mass is 9.44. The number of hydrogen-bond acceptors (Lipinski definition) is 8. The Morgan fingerprint density at radius 1 is 0.404 bits per heavy atom. The zero-order valence-electron chi connectivity index (χ0n) is 33.2. The molecule has 0 aromatic rings. The minimum atomic E-state index is -0.580. The molecule has 47 heavy (non-hydrogen) atoms. The van der Waals surface area contributed by atoms with Crippen molar-refractivity contribution in [1.29, 1.82) is 0 Å². The van der Waals surface area contributed by atoms with Crippen LogP contribution in [0, 0.1) is 16.2 Å². The molecule has 0 atom stereocenters. The topological polar surface area (TPSA) is 73.8 Å². The van der Waals surface area contributed by atoms with E-state index in [0.717, 1.165) is 38.5 Å². The van der Waals surface area contributed by atoms with Crippen molar-refractivity contribution >= 4 is 0 Å². The van der Waals surface area contributed by atoms with Gasteiger partial charge >= 0.3 is 0 Å². The quantitative estimate of drug-likeness (QED) is 0.0809. The molecule has 0 radical (unpaired) electrons. The van der Waals surface area contributed by atoms with Crippen molar-refractivity contribution in [2.45, 2.75) is 235 Å². The normalized spacial score (nSPS) is 19.9. The summed E-state index contributed by atoms with van der Waals surface area (Å²) in [7, 11) is 0. The first-order chi connectivity index (χ1) is 21.5. The van der Waals surface area contributed by atoms with Gasteiger partial charge in [-0.1, -0.05) is 52.4 Å². The zero-order chi connectivity index (χ0) is 35.6. The van der Waals surface area contributed by atoms with E-state index in [1.54, 1.807) is 0 Å². The first-order valence-electron chi connectivity index (χ1n) is 18.9. The van der Waals surface area contributed by atoms with E-state index >= 15 is 0 Å². The van der Waals surface area contributed by atoms with Crippen molar-refractivity contribution in [1.82, 2.24) is 0 Å². The lowest BCUT2D eigenvalue weighted by molar-refractivity contribution is -0.498. The Bertz CT molecular complexity index is 755. The van der Waals surface area contributed by atoms with Crippen molar-refractivity contribution in [2.24, 2.45) is 16.2 Å². The molecule has 0 aromatic heterocycles. The van der Waals surface area contributed by atoms with Gasteiger partial charge in [0.2, 0.25) is 12.6 Å². The molecule has 280 valence electrons. The minimum Gasteiger partial charge on any atom is -0.228 e. The molecule has 0 saturated heterocycles. The number of rotatable bonds is 18. The predicted molar refractivity (Wildman–Crippen MR) is 188 cm³/mol. The molecule has 2 fully saturated rings. The van der Waals surface area contributed by atoms with E-state index in [4.69, 9.17) is 39.1 Å². The molecule has 0 heterocycles. The molecule has 0 N–H and O–H groups in total. The Morgan fingerprint density at radius 2 is 0.660 bits per heavy atom. The van der Waals surface area contributed by atoms with Gasteiger partial charge < -0.3 is 0 Å². The third kappa shape index (κ3) is 15.2. The lowest BCUT2D eigenvalue weighted by Crippen LogP contribution is -2.52. The lowest BCUT2D eigenvalue weighted by Gasteiger charge is -2.61. The highest BCUT2D eigenvalue weighted by Crippen LogP contribution is 2.65. The average molecular weight is 673 g/mol. The van der Waals surface area contributed by atoms with Gasteiger partial charge in [-0.25, -0.2) is 39.1 Å². The zero-order valence-corrected chi connectivity index (χ0v) is 33.2. The second-order valence-electron chi connectivity index (χ2n) is 19.1. The summed E-state index contributed by atoms with van der Waals surface area (Å²) >= 11 is 0. The Kier molecular flexibility index (Phi) is 16.2. The van der Waals surface area contributed by atoms with Gasteiger partial charge in [0.05, 0.1) is 22.4 Å². The molecule has 2 rings (SSSR count). The van der Waals surface area contributed by atoms with Crippen LogP contribution >= 0.6 is 0 Å². The molecule has 2 aliphatic rings. The van der Waals surface area contributed by atoms with E-state index < -0.39 is 35.0 Å². The SMILES string of the molecule is CC(C)(C)OOC(CCCC1(C(C)(C)C2(CCCC(OOC(C)(C)C)OOC(C)(C)C)CCCCC2)CCCCC1)OOC(C)(C)C. The van der Waals surface area contributed by atoms with E-state index in [2.05, 4.69) is 13.8 Å². The van der Waals surface area contributed by atoms with Crippen LogP contribution in [0.1, 0.15) is 200 Å². The second kappa shape index (κ2) is 17.7. The van der Waals surface area contributed by atoms with Crippen LogP contribution in [-0.4, -0.2) is 35.0 Å². The van der Waals surface area contributed by atoms with Crippen molar-refractivity contribution < 1.29 is 39.1 Å². The summed E-state index contributed by atoms with van der Waals surface area (Å²) in [5.74, 6) is 0. The van der Waals surface area contributed by atoms with Gasteiger partial charge in [0.15, 0.2) is 0 Å².